The van der Waals surface area contributed by atoms with Gasteiger partial charge in [0.1, 0.15) is 13.2 Å². The van der Waals surface area contributed by atoms with Gasteiger partial charge in [0.2, 0.25) is 5.91 Å². The van der Waals surface area contributed by atoms with Crippen molar-refractivity contribution in [3.8, 4) is 0 Å². The molecule has 7 heteroatoms. The first-order valence-electron chi connectivity index (χ1n) is 17.3. The Morgan fingerprint density at radius 2 is 0.780 bits per heavy atom. The number of carbonyl (C=O) groups excluding carboxylic acids is 3. The Balaban J connectivity index is 3.76. The van der Waals surface area contributed by atoms with Crippen LogP contribution >= 0.6 is 0 Å². The number of esters is 2. The summed E-state index contributed by atoms with van der Waals surface area (Å²) in [5.74, 6) is -0.688. The molecule has 0 atom stereocenters. The summed E-state index contributed by atoms with van der Waals surface area (Å²) in [7, 11) is 0. The minimum absolute atomic E-state index is 0.126. The summed E-state index contributed by atoms with van der Waals surface area (Å²) in [6.45, 7) is 5.15. The molecule has 0 saturated carbocycles. The lowest BCUT2D eigenvalue weighted by Crippen LogP contribution is -2.40. The fraction of sp³-hybridized carbons (Fsp3) is 0.912. The quantitative estimate of drug-likeness (QED) is 0.0652. The van der Waals surface area contributed by atoms with E-state index in [1.165, 1.54) is 120 Å². The molecule has 0 aromatic carbocycles. The lowest BCUT2D eigenvalue weighted by molar-refractivity contribution is -0.147. The number of nitrogens with zero attached hydrogens (tertiary/aromatic N) is 1. The van der Waals surface area contributed by atoms with Gasteiger partial charge in [-0.3, -0.25) is 14.4 Å². The van der Waals surface area contributed by atoms with E-state index in [0.717, 1.165) is 25.7 Å². The number of rotatable bonds is 31. The third-order valence-corrected chi connectivity index (χ3v) is 7.74. The molecule has 0 fully saturated rings. The smallest absolute Gasteiger partial charge is 0.305 e. The van der Waals surface area contributed by atoms with Crippen LogP contribution in [0.2, 0.25) is 0 Å². The molecular weight excluding hydrogens is 516 g/mol. The number of carbonyl (C=O) groups is 3. The van der Waals surface area contributed by atoms with Gasteiger partial charge in [-0.15, -0.1) is 0 Å². The fourth-order valence-corrected chi connectivity index (χ4v) is 5.04. The van der Waals surface area contributed by atoms with E-state index in [1.807, 2.05) is 0 Å². The summed E-state index contributed by atoms with van der Waals surface area (Å²) in [6.07, 6.45) is 28.1. The van der Waals surface area contributed by atoms with Crippen molar-refractivity contribution in [3.05, 3.63) is 0 Å². The first-order valence-corrected chi connectivity index (χ1v) is 17.3. The summed E-state index contributed by atoms with van der Waals surface area (Å²) < 4.78 is 10.7. The van der Waals surface area contributed by atoms with Gasteiger partial charge >= 0.3 is 11.9 Å². The minimum atomic E-state index is -0.243. The molecule has 0 saturated heterocycles. The summed E-state index contributed by atoms with van der Waals surface area (Å²) in [5.41, 5.74) is 5.53. The van der Waals surface area contributed by atoms with Gasteiger partial charge in [0.25, 0.3) is 0 Å². The van der Waals surface area contributed by atoms with E-state index < -0.39 is 0 Å². The van der Waals surface area contributed by atoms with Crippen LogP contribution in [0.3, 0.4) is 0 Å². The lowest BCUT2D eigenvalue weighted by atomic mass is 10.1. The number of ether oxygens (including phenoxy) is 2. The Bertz CT molecular complexity index is 570. The van der Waals surface area contributed by atoms with Gasteiger partial charge in [-0.2, -0.15) is 0 Å². The standard InChI is InChI=1S/C34H66N2O5/c1-3-5-7-9-11-13-15-17-19-21-23-25-33(38)40-29-27-36(32(37)31-35)28-30-41-34(39)26-24-22-20-18-16-14-12-10-8-6-4-2/h3-31,35H2,1-2H3. The second-order valence-electron chi connectivity index (χ2n) is 11.6. The highest BCUT2D eigenvalue weighted by Crippen LogP contribution is 2.13. The lowest BCUT2D eigenvalue weighted by Gasteiger charge is -2.21. The van der Waals surface area contributed by atoms with Crippen LogP contribution in [-0.4, -0.2) is 55.6 Å². The van der Waals surface area contributed by atoms with Crippen LogP contribution in [-0.2, 0) is 23.9 Å². The van der Waals surface area contributed by atoms with Crippen molar-refractivity contribution in [2.45, 2.75) is 168 Å². The van der Waals surface area contributed by atoms with E-state index in [4.69, 9.17) is 15.2 Å². The Labute approximate surface area is 253 Å². The van der Waals surface area contributed by atoms with Gasteiger partial charge in [-0.1, -0.05) is 142 Å². The Morgan fingerprint density at radius 1 is 0.488 bits per heavy atom. The van der Waals surface area contributed by atoms with E-state index in [-0.39, 0.29) is 50.7 Å². The molecule has 41 heavy (non-hydrogen) atoms. The fourth-order valence-electron chi connectivity index (χ4n) is 5.04. The van der Waals surface area contributed by atoms with Crippen LogP contribution in [0.15, 0.2) is 0 Å². The number of amides is 1. The SMILES string of the molecule is CCCCCCCCCCCCCC(=O)OCCN(CCOC(=O)CCCCCCCCCCCCC)C(=O)CN. The van der Waals surface area contributed by atoms with Gasteiger partial charge in [-0.25, -0.2) is 0 Å². The van der Waals surface area contributed by atoms with Crippen LogP contribution in [0.5, 0.6) is 0 Å². The zero-order valence-corrected chi connectivity index (χ0v) is 27.1. The molecule has 0 bridgehead atoms. The van der Waals surface area contributed by atoms with E-state index >= 15 is 0 Å². The highest BCUT2D eigenvalue weighted by atomic mass is 16.5. The Morgan fingerprint density at radius 3 is 1.07 bits per heavy atom. The summed E-state index contributed by atoms with van der Waals surface area (Å²) in [4.78, 5) is 37.8. The van der Waals surface area contributed by atoms with Crippen molar-refractivity contribution >= 4 is 17.8 Å². The minimum Gasteiger partial charge on any atom is -0.464 e. The van der Waals surface area contributed by atoms with Crippen LogP contribution in [0.25, 0.3) is 0 Å². The molecule has 0 rings (SSSR count). The van der Waals surface area contributed by atoms with Gasteiger partial charge in [0, 0.05) is 12.8 Å². The first-order chi connectivity index (χ1) is 20.0. The monoisotopic (exact) mass is 582 g/mol. The second-order valence-corrected chi connectivity index (χ2v) is 11.6. The summed E-state index contributed by atoms with van der Waals surface area (Å²) >= 11 is 0. The number of unbranched alkanes of at least 4 members (excludes halogenated alkanes) is 20. The molecule has 0 radical (unpaired) electrons. The van der Waals surface area contributed by atoms with Crippen molar-refractivity contribution in [1.29, 1.82) is 0 Å². The third-order valence-electron chi connectivity index (χ3n) is 7.74. The van der Waals surface area contributed by atoms with Gasteiger partial charge in [0.15, 0.2) is 0 Å². The summed E-state index contributed by atoms with van der Waals surface area (Å²) in [6, 6.07) is 0. The molecule has 0 aliphatic carbocycles. The predicted molar refractivity (Wildman–Crippen MR) is 170 cm³/mol. The molecule has 7 nitrogen and oxygen atoms in total. The highest BCUT2D eigenvalue weighted by Gasteiger charge is 2.14. The molecule has 2 N–H and O–H groups in total. The van der Waals surface area contributed by atoms with Crippen LogP contribution in [0.4, 0.5) is 0 Å². The molecule has 0 unspecified atom stereocenters. The topological polar surface area (TPSA) is 98.9 Å². The average molecular weight is 583 g/mol. The molecule has 1 amide bonds. The molecule has 0 aliphatic heterocycles. The maximum atomic E-state index is 12.2. The van der Waals surface area contributed by atoms with E-state index in [2.05, 4.69) is 13.8 Å². The maximum absolute atomic E-state index is 12.2. The Hall–Kier alpha value is -1.63. The second kappa shape index (κ2) is 31.3. The van der Waals surface area contributed by atoms with Crippen molar-refractivity contribution in [2.24, 2.45) is 5.73 Å². The number of hydrogen-bond acceptors (Lipinski definition) is 6. The van der Waals surface area contributed by atoms with E-state index in [0.29, 0.717) is 12.8 Å². The molecule has 0 aliphatic rings. The van der Waals surface area contributed by atoms with E-state index in [9.17, 15) is 14.4 Å². The average Bonchev–Trinajstić information content (AvgIpc) is 2.97. The molecule has 0 aromatic heterocycles. The first kappa shape index (κ1) is 39.4. The van der Waals surface area contributed by atoms with Crippen LogP contribution < -0.4 is 5.73 Å². The van der Waals surface area contributed by atoms with Gasteiger partial charge < -0.3 is 20.1 Å². The van der Waals surface area contributed by atoms with Crippen molar-refractivity contribution in [3.63, 3.8) is 0 Å². The molecule has 0 spiro atoms. The van der Waals surface area contributed by atoms with Crippen LogP contribution in [0.1, 0.15) is 168 Å². The van der Waals surface area contributed by atoms with Gasteiger partial charge in [0.05, 0.1) is 19.6 Å². The highest BCUT2D eigenvalue weighted by molar-refractivity contribution is 5.78. The Kier molecular flexibility index (Phi) is 30.1. The van der Waals surface area contributed by atoms with Crippen LogP contribution in [0, 0.1) is 0 Å². The third kappa shape index (κ3) is 28.3. The van der Waals surface area contributed by atoms with Gasteiger partial charge in [-0.05, 0) is 12.8 Å². The number of nitrogens with two attached hydrogens (primary N) is 1. The molecular formula is C34H66N2O5. The normalized spacial score (nSPS) is 11.0. The van der Waals surface area contributed by atoms with Crippen molar-refractivity contribution in [2.75, 3.05) is 32.8 Å². The largest absolute Gasteiger partial charge is 0.464 e. The van der Waals surface area contributed by atoms with Crippen molar-refractivity contribution in [1.82, 2.24) is 4.90 Å². The van der Waals surface area contributed by atoms with Crippen molar-refractivity contribution < 1.29 is 23.9 Å². The zero-order valence-electron chi connectivity index (χ0n) is 27.1. The zero-order chi connectivity index (χ0) is 30.2. The molecule has 0 heterocycles. The maximum Gasteiger partial charge on any atom is 0.305 e. The predicted octanol–water partition coefficient (Wildman–Crippen LogP) is 8.26. The molecule has 0 aromatic rings. The van der Waals surface area contributed by atoms with E-state index in [1.54, 1.807) is 0 Å². The molecule has 242 valence electrons. The summed E-state index contributed by atoms with van der Waals surface area (Å²) in [5, 5.41) is 0. The number of hydrogen-bond donors (Lipinski definition) is 1.